The van der Waals surface area contributed by atoms with Crippen LogP contribution in [-0.2, 0) is 6.42 Å². The van der Waals surface area contributed by atoms with Crippen molar-refractivity contribution in [2.45, 2.75) is 46.5 Å². The van der Waals surface area contributed by atoms with Crippen LogP contribution >= 0.6 is 0 Å². The highest BCUT2D eigenvalue weighted by Gasteiger charge is 2.38. The Morgan fingerprint density at radius 1 is 1.29 bits per heavy atom. The first-order valence-corrected chi connectivity index (χ1v) is 7.82. The molecule has 0 fully saturated rings. The van der Waals surface area contributed by atoms with E-state index in [9.17, 15) is 4.79 Å². The highest BCUT2D eigenvalue weighted by molar-refractivity contribution is 5.99. The minimum absolute atomic E-state index is 0.223. The molecule has 2 heteroatoms. The number of Topliss-reactive ketones (excluding diaryl/α,β-unsaturated/α-hetero) is 1. The van der Waals surface area contributed by atoms with Crippen LogP contribution in [0.5, 0.6) is 5.75 Å². The van der Waals surface area contributed by atoms with Crippen LogP contribution in [0.1, 0.15) is 54.6 Å². The molecule has 0 aliphatic heterocycles. The Morgan fingerprint density at radius 3 is 2.76 bits per heavy atom. The number of benzene rings is 1. The highest BCUT2D eigenvalue weighted by atomic mass is 16.5. The molecule has 112 valence electrons. The summed E-state index contributed by atoms with van der Waals surface area (Å²) in [5.41, 5.74) is 4.75. The van der Waals surface area contributed by atoms with Gasteiger partial charge in [0.1, 0.15) is 5.75 Å². The summed E-state index contributed by atoms with van der Waals surface area (Å²) in [5.74, 6) is 1.56. The number of carbonyl (C=O) groups excluding carboxylic acids is 1. The minimum atomic E-state index is 0.223. The molecule has 0 heterocycles. The Hall–Kier alpha value is -1.57. The maximum absolute atomic E-state index is 12.7. The van der Waals surface area contributed by atoms with Crippen molar-refractivity contribution >= 4 is 5.78 Å². The lowest BCUT2D eigenvalue weighted by atomic mass is 9.66. The van der Waals surface area contributed by atoms with Crippen LogP contribution in [0.2, 0.25) is 0 Å². The summed E-state index contributed by atoms with van der Waals surface area (Å²) >= 11 is 0. The largest absolute Gasteiger partial charge is 0.496 e. The molecule has 0 aromatic heterocycles. The molecule has 21 heavy (non-hydrogen) atoms. The second-order valence-corrected chi connectivity index (χ2v) is 7.14. The number of carbonyl (C=O) groups is 1. The number of aryl methyl sites for hydroxylation is 1. The van der Waals surface area contributed by atoms with Crippen molar-refractivity contribution < 1.29 is 9.53 Å². The van der Waals surface area contributed by atoms with E-state index in [2.05, 4.69) is 26.0 Å². The van der Waals surface area contributed by atoms with Crippen LogP contribution in [0.3, 0.4) is 0 Å². The molecule has 0 amide bonds. The van der Waals surface area contributed by atoms with Gasteiger partial charge in [0, 0.05) is 12.0 Å². The summed E-state index contributed by atoms with van der Waals surface area (Å²) in [5, 5.41) is 0. The second-order valence-electron chi connectivity index (χ2n) is 7.14. The van der Waals surface area contributed by atoms with Crippen molar-refractivity contribution in [2.24, 2.45) is 11.3 Å². The van der Waals surface area contributed by atoms with Gasteiger partial charge in [-0.05, 0) is 60.8 Å². The van der Waals surface area contributed by atoms with E-state index in [0.717, 1.165) is 35.3 Å². The van der Waals surface area contributed by atoms with Crippen LogP contribution in [0.4, 0.5) is 0 Å². The number of hydrogen-bond donors (Lipinski definition) is 0. The number of hydrogen-bond acceptors (Lipinski definition) is 2. The molecule has 2 aliphatic rings. The van der Waals surface area contributed by atoms with E-state index in [1.165, 1.54) is 12.0 Å². The summed E-state index contributed by atoms with van der Waals surface area (Å²) in [7, 11) is 1.69. The zero-order valence-corrected chi connectivity index (χ0v) is 13.5. The molecule has 0 radical (unpaired) electrons. The molecule has 0 N–H and O–H groups in total. The monoisotopic (exact) mass is 284 g/mol. The van der Waals surface area contributed by atoms with E-state index < -0.39 is 0 Å². The van der Waals surface area contributed by atoms with E-state index in [-0.39, 0.29) is 5.41 Å². The van der Waals surface area contributed by atoms with E-state index in [1.54, 1.807) is 7.11 Å². The minimum Gasteiger partial charge on any atom is -0.496 e. The van der Waals surface area contributed by atoms with E-state index in [4.69, 9.17) is 4.74 Å². The molecule has 0 saturated carbocycles. The van der Waals surface area contributed by atoms with Gasteiger partial charge in [-0.25, -0.2) is 0 Å². The molecule has 2 aliphatic carbocycles. The lowest BCUT2D eigenvalue weighted by Gasteiger charge is -2.38. The van der Waals surface area contributed by atoms with Crippen LogP contribution in [0.25, 0.3) is 0 Å². The summed E-state index contributed by atoms with van der Waals surface area (Å²) < 4.78 is 5.43. The Labute approximate surface area is 127 Å². The molecule has 1 aromatic rings. The lowest BCUT2D eigenvalue weighted by molar-refractivity contribution is 0.0920. The van der Waals surface area contributed by atoms with Gasteiger partial charge in [-0.15, -0.1) is 0 Å². The van der Waals surface area contributed by atoms with Gasteiger partial charge >= 0.3 is 0 Å². The van der Waals surface area contributed by atoms with Crippen molar-refractivity contribution in [3.8, 4) is 5.75 Å². The second kappa shape index (κ2) is 5.01. The maximum Gasteiger partial charge on any atom is 0.163 e. The highest BCUT2D eigenvalue weighted by Crippen LogP contribution is 2.46. The fourth-order valence-electron chi connectivity index (χ4n) is 3.92. The fourth-order valence-corrected chi connectivity index (χ4v) is 3.92. The first-order valence-electron chi connectivity index (χ1n) is 7.82. The first-order chi connectivity index (χ1) is 9.92. The van der Waals surface area contributed by atoms with Crippen molar-refractivity contribution in [1.29, 1.82) is 0 Å². The van der Waals surface area contributed by atoms with Gasteiger partial charge < -0.3 is 4.74 Å². The van der Waals surface area contributed by atoms with Crippen LogP contribution in [-0.4, -0.2) is 12.9 Å². The molecule has 1 unspecified atom stereocenters. The topological polar surface area (TPSA) is 26.3 Å². The summed E-state index contributed by atoms with van der Waals surface area (Å²) in [6.07, 6.45) is 6.21. The van der Waals surface area contributed by atoms with Crippen LogP contribution in [0, 0.1) is 18.3 Å². The number of rotatable bonds is 1. The smallest absolute Gasteiger partial charge is 0.163 e. The van der Waals surface area contributed by atoms with Crippen LogP contribution in [0.15, 0.2) is 23.8 Å². The summed E-state index contributed by atoms with van der Waals surface area (Å²) in [4.78, 5) is 12.7. The normalized spacial score (nSPS) is 23.7. The Bertz CT molecular complexity index is 623. The SMILES string of the molecule is COc1cc2c(cc1C)C(=O)CC1C(=CCCC1(C)C)C2. The summed E-state index contributed by atoms with van der Waals surface area (Å²) in [6.45, 7) is 6.62. The van der Waals surface area contributed by atoms with E-state index in [1.807, 2.05) is 13.0 Å². The number of ether oxygens (including phenoxy) is 1. The zero-order valence-electron chi connectivity index (χ0n) is 13.5. The number of fused-ring (bicyclic) bond motifs is 2. The third kappa shape index (κ3) is 2.41. The zero-order chi connectivity index (χ0) is 15.2. The van der Waals surface area contributed by atoms with Crippen molar-refractivity contribution in [2.75, 3.05) is 7.11 Å². The molecule has 0 saturated heterocycles. The molecule has 2 nitrogen and oxygen atoms in total. The summed E-state index contributed by atoms with van der Waals surface area (Å²) in [6, 6.07) is 4.08. The van der Waals surface area contributed by atoms with Crippen molar-refractivity contribution in [3.63, 3.8) is 0 Å². The van der Waals surface area contributed by atoms with Gasteiger partial charge in [-0.3, -0.25) is 4.79 Å². The predicted molar refractivity (Wildman–Crippen MR) is 85.0 cm³/mol. The molecule has 3 rings (SSSR count). The molecule has 1 aromatic carbocycles. The van der Waals surface area contributed by atoms with Gasteiger partial charge in [0.15, 0.2) is 5.78 Å². The first kappa shape index (κ1) is 14.4. The van der Waals surface area contributed by atoms with Gasteiger partial charge in [0.05, 0.1) is 7.11 Å². The third-order valence-electron chi connectivity index (χ3n) is 5.29. The maximum atomic E-state index is 12.7. The van der Waals surface area contributed by atoms with Gasteiger partial charge in [-0.1, -0.05) is 25.5 Å². The van der Waals surface area contributed by atoms with Crippen LogP contribution < -0.4 is 4.74 Å². The molecule has 0 bridgehead atoms. The van der Waals surface area contributed by atoms with Crippen molar-refractivity contribution in [1.82, 2.24) is 0 Å². The van der Waals surface area contributed by atoms with Crippen molar-refractivity contribution in [3.05, 3.63) is 40.5 Å². The van der Waals surface area contributed by atoms with Gasteiger partial charge in [0.2, 0.25) is 0 Å². The molecule has 0 spiro atoms. The standard InChI is InChI=1S/C19H24O2/c1-12-8-15-14(10-18(12)21-4)9-13-6-5-7-19(2,3)16(13)11-17(15)20/h6,8,10,16H,5,7,9,11H2,1-4H3. The Kier molecular flexibility index (Phi) is 3.43. The average molecular weight is 284 g/mol. The molecular weight excluding hydrogens is 260 g/mol. The van der Waals surface area contributed by atoms with Gasteiger partial charge in [0.25, 0.3) is 0 Å². The Balaban J connectivity index is 2.09. The fraction of sp³-hybridized carbons (Fsp3) is 0.526. The number of methoxy groups -OCH3 is 1. The average Bonchev–Trinajstić information content (AvgIpc) is 2.56. The van der Waals surface area contributed by atoms with E-state index in [0.29, 0.717) is 18.1 Å². The molecule has 1 atom stereocenters. The lowest BCUT2D eigenvalue weighted by Crippen LogP contribution is -2.30. The van der Waals surface area contributed by atoms with E-state index >= 15 is 0 Å². The molecular formula is C19H24O2. The van der Waals surface area contributed by atoms with Gasteiger partial charge in [-0.2, -0.15) is 0 Å². The number of allylic oxidation sites excluding steroid dienone is 2. The Morgan fingerprint density at radius 2 is 2.05 bits per heavy atom. The third-order valence-corrected chi connectivity index (χ3v) is 5.29. The quantitative estimate of drug-likeness (QED) is 0.710. The predicted octanol–water partition coefficient (Wildman–Crippen LogP) is 4.50. The number of ketones is 1.